The summed E-state index contributed by atoms with van der Waals surface area (Å²) < 4.78 is 19.3. The maximum Gasteiger partial charge on any atom is 0.572 e. The van der Waals surface area contributed by atoms with Gasteiger partial charge in [-0.3, -0.25) is 14.4 Å². The quantitative estimate of drug-likeness (QED) is 0.0239. The number of aromatic amines is 3. The molecule has 3 aliphatic rings. The number of amides is 9. The third-order valence-electron chi connectivity index (χ3n) is 16.3. The molecule has 0 aliphatic carbocycles. The van der Waals surface area contributed by atoms with Gasteiger partial charge in [0, 0.05) is 66.5 Å². The van der Waals surface area contributed by atoms with E-state index < -0.39 is 81.9 Å². The maximum absolute atomic E-state index is 14.8. The minimum atomic E-state index is -5.13. The van der Waals surface area contributed by atoms with Gasteiger partial charge in [0.15, 0.2) is 0 Å². The third-order valence-corrected chi connectivity index (χ3v) is 18.9. The van der Waals surface area contributed by atoms with E-state index in [0.29, 0.717) is 64.5 Å². The van der Waals surface area contributed by atoms with Gasteiger partial charge in [-0.05, 0) is 127 Å². The van der Waals surface area contributed by atoms with Crippen molar-refractivity contribution >= 4 is 130 Å². The molecular formula is C66H49Cl3N12O10P+. The molecule has 458 valence electrons. The second-order valence-corrected chi connectivity index (χ2v) is 24.5. The van der Waals surface area contributed by atoms with Crippen LogP contribution in [0.1, 0.15) is 84.9 Å². The number of H-pyrrole nitrogens is 3. The van der Waals surface area contributed by atoms with Crippen molar-refractivity contribution in [3.8, 4) is 18.2 Å². The van der Waals surface area contributed by atoms with Crippen LogP contribution in [0.3, 0.4) is 0 Å². The van der Waals surface area contributed by atoms with E-state index in [9.17, 15) is 49.4 Å². The number of hydrogen-bond acceptors (Lipinski definition) is 13. The molecule has 12 rings (SSSR count). The van der Waals surface area contributed by atoms with Crippen molar-refractivity contribution < 1.29 is 47.2 Å². The first-order chi connectivity index (χ1) is 44.3. The summed E-state index contributed by atoms with van der Waals surface area (Å²) in [5.41, 5.74) is 6.85. The Bertz CT molecular complexity index is 4350. The van der Waals surface area contributed by atoms with Crippen LogP contribution in [0.5, 0.6) is 0 Å². The van der Waals surface area contributed by atoms with Crippen LogP contribution < -0.4 is 16.0 Å². The average molecular weight is 1310 g/mol. The molecule has 3 aliphatic heterocycles. The lowest BCUT2D eigenvalue weighted by atomic mass is 10.0. The summed E-state index contributed by atoms with van der Waals surface area (Å²) in [7, 11) is -5.13. The van der Waals surface area contributed by atoms with E-state index in [-0.39, 0.29) is 50.5 Å². The number of carbonyl (C=O) groups excluding carboxylic acids is 6. The fourth-order valence-electron chi connectivity index (χ4n) is 11.2. The zero-order valence-electron chi connectivity index (χ0n) is 48.6. The van der Waals surface area contributed by atoms with Gasteiger partial charge in [0.2, 0.25) is 0 Å². The van der Waals surface area contributed by atoms with E-state index in [2.05, 4.69) is 30.9 Å². The van der Waals surface area contributed by atoms with Crippen LogP contribution in [0.2, 0.25) is 15.1 Å². The van der Waals surface area contributed by atoms with Crippen LogP contribution in [0.25, 0.3) is 50.9 Å². The second kappa shape index (κ2) is 25.1. The predicted octanol–water partition coefficient (Wildman–Crippen LogP) is 12.7. The van der Waals surface area contributed by atoms with E-state index >= 15 is 0 Å². The van der Waals surface area contributed by atoms with Crippen molar-refractivity contribution in [1.29, 1.82) is 15.8 Å². The summed E-state index contributed by atoms with van der Waals surface area (Å²) in [5, 5.41) is 41.0. The van der Waals surface area contributed by atoms with Crippen molar-refractivity contribution in [2.45, 2.75) is 38.9 Å². The molecule has 9 aromatic rings. The Hall–Kier alpha value is -10.4. The Morgan fingerprint density at radius 1 is 0.446 bits per heavy atom. The molecule has 9 amide bonds. The van der Waals surface area contributed by atoms with E-state index in [1.807, 2.05) is 39.0 Å². The van der Waals surface area contributed by atoms with Gasteiger partial charge in [0.05, 0.1) is 69.6 Å². The zero-order valence-corrected chi connectivity index (χ0v) is 51.8. The number of rotatable bonds is 18. The topological polar surface area (TPSA) is 315 Å². The van der Waals surface area contributed by atoms with Crippen LogP contribution >= 0.6 is 43.0 Å². The SMILES string of the molecule is Cc1c(Cl)ccc2c(/C=C3\NC(=O)N(C(CO[P+](O)(OCC(c4ccc(C#N)cc4)N4C(=O)N/C(=C\c5c[nH]c6c(C)c(Cl)ccc56)C4=O)OCC(c4ccc(C#N)cc4)N4C(=O)N/C(=C\c5c[nH]c6c(C)c(Cl)ccc56)C4=O)c4ccc(C#N)cc4)C3=O)c[nH]c12. The third kappa shape index (κ3) is 11.6. The molecule has 26 heteroatoms. The molecule has 3 atom stereocenters. The largest absolute Gasteiger partial charge is 0.572 e. The molecule has 22 nitrogen and oxygen atoms in total. The smallest absolute Gasteiger partial charge is 0.360 e. The number of urea groups is 3. The van der Waals surface area contributed by atoms with Crippen molar-refractivity contribution in [3.63, 3.8) is 0 Å². The maximum atomic E-state index is 14.8. The highest BCUT2D eigenvalue weighted by atomic mass is 35.5. The summed E-state index contributed by atoms with van der Waals surface area (Å²) in [4.78, 5) is 113. The molecular weight excluding hydrogens is 1260 g/mol. The second-order valence-electron chi connectivity index (χ2n) is 21.6. The first-order valence-electron chi connectivity index (χ1n) is 28.2. The first kappa shape index (κ1) is 61.8. The van der Waals surface area contributed by atoms with Gasteiger partial charge in [-0.25, -0.2) is 29.1 Å². The molecule has 6 heterocycles. The summed E-state index contributed by atoms with van der Waals surface area (Å²) in [6.07, 6.45) is 9.38. The number of hydrogen-bond donors (Lipinski definition) is 7. The van der Waals surface area contributed by atoms with Crippen LogP contribution in [0.4, 0.5) is 14.4 Å². The van der Waals surface area contributed by atoms with E-state index in [0.717, 1.165) is 31.4 Å². The fraction of sp³-hybridized carbons (Fsp3) is 0.136. The predicted molar refractivity (Wildman–Crippen MR) is 343 cm³/mol. The normalized spacial score (nSPS) is 17.2. The Balaban J connectivity index is 0.925. The number of aryl methyl sites for hydroxylation is 3. The highest BCUT2D eigenvalue weighted by Crippen LogP contribution is 2.60. The van der Waals surface area contributed by atoms with Gasteiger partial charge in [-0.2, -0.15) is 34.3 Å². The fourth-order valence-corrected chi connectivity index (χ4v) is 12.9. The number of fused-ring (bicyclic) bond motifs is 3. The molecule has 3 saturated heterocycles. The summed E-state index contributed by atoms with van der Waals surface area (Å²) >= 11 is 19.3. The van der Waals surface area contributed by atoms with Gasteiger partial charge in [0.25, 0.3) is 17.7 Å². The zero-order chi connectivity index (χ0) is 64.9. The lowest BCUT2D eigenvalue weighted by Crippen LogP contribution is -2.39. The molecule has 92 heavy (non-hydrogen) atoms. The molecule has 3 aromatic heterocycles. The van der Waals surface area contributed by atoms with Crippen molar-refractivity contribution in [3.05, 3.63) is 227 Å². The highest BCUT2D eigenvalue weighted by molar-refractivity contribution is 7.55. The summed E-state index contributed by atoms with van der Waals surface area (Å²) in [5.74, 6) is -2.50. The standard InChI is InChI=1S/C66H48Cl3N12O10P/c1-34-49(67)19-16-46-43(28-73-58(34)46)22-52-61(82)79(64(85)76-52)55(40-10-4-37(25-70)5-11-40)31-89-92(88,90-32-56(41-12-6-38(26-71)7-13-41)80-62(83)53(77-65(80)86)23-44-29-74-59-35(2)50(68)20-17-47(44)59)91-33-57(42-14-8-39(27-72)9-15-42)81-63(84)54(78-66(81)87)24-45-30-75-60-36(3)51(69)21-18-48(45)60/h4-24,28-30,55-57,88H,31-33H2,1-3H3,(H5-,73,74,75,76,77,78,82,83,84,85,86,87)/p+1. The van der Waals surface area contributed by atoms with Crippen LogP contribution in [-0.4, -0.2) is 90.2 Å². The number of halogens is 3. The van der Waals surface area contributed by atoms with Gasteiger partial charge in [-0.15, -0.1) is 0 Å². The number of nitrogens with zero attached hydrogens (tertiary/aromatic N) is 6. The van der Waals surface area contributed by atoms with Crippen LogP contribution in [0, 0.1) is 54.8 Å². The number of nitriles is 3. The number of nitrogens with one attached hydrogen (secondary N) is 6. The lowest BCUT2D eigenvalue weighted by molar-refractivity contribution is -0.125. The molecule has 6 aromatic carbocycles. The number of aromatic nitrogens is 3. The summed E-state index contributed by atoms with van der Waals surface area (Å²) in [6, 6.07) is 27.0. The van der Waals surface area contributed by atoms with Crippen molar-refractivity contribution in [2.24, 2.45) is 0 Å². The van der Waals surface area contributed by atoms with E-state index in [4.69, 9.17) is 48.4 Å². The highest BCUT2D eigenvalue weighted by Gasteiger charge is 2.52. The van der Waals surface area contributed by atoms with Crippen molar-refractivity contribution in [1.82, 2.24) is 45.6 Å². The minimum absolute atomic E-state index is 0.146. The Morgan fingerprint density at radius 2 is 0.707 bits per heavy atom. The number of imide groups is 3. The lowest BCUT2D eigenvalue weighted by Gasteiger charge is -2.29. The van der Waals surface area contributed by atoms with Gasteiger partial charge in [-0.1, -0.05) is 89.4 Å². The number of benzene rings is 6. The van der Waals surface area contributed by atoms with Crippen LogP contribution in [0.15, 0.2) is 145 Å². The molecule has 7 N–H and O–H groups in total. The molecule has 0 saturated carbocycles. The van der Waals surface area contributed by atoms with Crippen LogP contribution in [-0.2, 0) is 28.0 Å². The molecule has 0 bridgehead atoms. The molecule has 0 radical (unpaired) electrons. The first-order valence-corrected chi connectivity index (χ1v) is 30.8. The molecule has 3 unspecified atom stereocenters. The Morgan fingerprint density at radius 3 is 0.957 bits per heavy atom. The number of carbonyl (C=O) groups is 6. The van der Waals surface area contributed by atoms with E-state index in [1.165, 1.54) is 91.0 Å². The monoisotopic (exact) mass is 1310 g/mol. The van der Waals surface area contributed by atoms with Gasteiger partial charge in [0.1, 0.15) is 36.9 Å². The average Bonchev–Trinajstić information content (AvgIpc) is 1.65. The minimum Gasteiger partial charge on any atom is -0.360 e. The van der Waals surface area contributed by atoms with E-state index in [1.54, 1.807) is 55.0 Å². The molecule has 3 fully saturated rings. The van der Waals surface area contributed by atoms with Crippen molar-refractivity contribution in [2.75, 3.05) is 19.8 Å². The summed E-state index contributed by atoms with van der Waals surface area (Å²) in [6.45, 7) is 3.04. The Labute approximate surface area is 539 Å². The molecule has 0 spiro atoms. The Kier molecular flexibility index (Phi) is 16.9. The van der Waals surface area contributed by atoms with Gasteiger partial charge < -0.3 is 30.9 Å². The van der Waals surface area contributed by atoms with Gasteiger partial charge >= 0.3 is 26.3 Å².